The first-order chi connectivity index (χ1) is 17.2. The van der Waals surface area contributed by atoms with E-state index in [1.807, 2.05) is 0 Å². The molecule has 190 valence electrons. The lowest BCUT2D eigenvalue weighted by atomic mass is 9.99. The maximum Gasteiger partial charge on any atom is 0.337 e. The van der Waals surface area contributed by atoms with Crippen molar-refractivity contribution in [3.8, 4) is 22.6 Å². The van der Waals surface area contributed by atoms with Crippen LogP contribution in [0.1, 0.15) is 23.0 Å². The third kappa shape index (κ3) is 5.49. The number of carboxylic acids is 1. The summed E-state index contributed by atoms with van der Waals surface area (Å²) in [4.78, 5) is 28.4. The molecule has 4 rings (SSSR count). The van der Waals surface area contributed by atoms with Gasteiger partial charge in [-0.15, -0.1) is 0 Å². The minimum atomic E-state index is -1.22. The Morgan fingerprint density at radius 3 is 2.19 bits per heavy atom. The molecule has 4 N–H and O–H groups in total. The standard InChI is InChI=1S/C17H12F2N2O4.C7H14N4/c1-24-10-7-11(25-2)14(19)12(13(10)18)8-3-4-9(17(22)23)16-15(8)20-5-6-21-16;1-3-11(2)5-6-4-9-7(8)10-6/h3-7H,1-2H3,(H,22,23);4H,3,5H2,1-2H3,(H3,8,9,10). The van der Waals surface area contributed by atoms with Gasteiger partial charge in [0.05, 0.1) is 42.8 Å². The number of anilines is 1. The van der Waals surface area contributed by atoms with Gasteiger partial charge < -0.3 is 30.2 Å². The number of aromatic amines is 1. The number of imidazole rings is 1. The highest BCUT2D eigenvalue weighted by Crippen LogP contribution is 2.40. The molecule has 0 bridgehead atoms. The molecule has 0 atom stereocenters. The summed E-state index contributed by atoms with van der Waals surface area (Å²) in [5, 5.41) is 9.26. The van der Waals surface area contributed by atoms with Gasteiger partial charge in [-0.3, -0.25) is 9.97 Å². The number of hydrogen-bond acceptors (Lipinski definition) is 8. The molecule has 0 saturated carbocycles. The topological polar surface area (TPSA) is 139 Å². The summed E-state index contributed by atoms with van der Waals surface area (Å²) in [7, 11) is 4.53. The Balaban J connectivity index is 0.000000275. The summed E-state index contributed by atoms with van der Waals surface area (Å²) in [5.41, 5.74) is 6.03. The summed E-state index contributed by atoms with van der Waals surface area (Å²) in [6.45, 7) is 4.01. The Labute approximate surface area is 205 Å². The molecule has 12 heteroatoms. The van der Waals surface area contributed by atoms with E-state index in [0.717, 1.165) is 24.8 Å². The second kappa shape index (κ2) is 11.4. The number of benzene rings is 2. The van der Waals surface area contributed by atoms with Gasteiger partial charge in [0.25, 0.3) is 0 Å². The van der Waals surface area contributed by atoms with Gasteiger partial charge in [0, 0.05) is 30.6 Å². The van der Waals surface area contributed by atoms with Gasteiger partial charge >= 0.3 is 5.97 Å². The van der Waals surface area contributed by atoms with Gasteiger partial charge in [0.2, 0.25) is 0 Å². The van der Waals surface area contributed by atoms with Gasteiger partial charge in [0.1, 0.15) is 5.52 Å². The number of rotatable bonds is 7. The van der Waals surface area contributed by atoms with E-state index in [1.54, 1.807) is 6.20 Å². The molecule has 36 heavy (non-hydrogen) atoms. The normalized spacial score (nSPS) is 10.8. The number of halogens is 2. The quantitative estimate of drug-likeness (QED) is 0.346. The molecular weight excluding hydrogens is 474 g/mol. The summed E-state index contributed by atoms with van der Waals surface area (Å²) in [6.07, 6.45) is 4.38. The van der Waals surface area contributed by atoms with Crippen molar-refractivity contribution in [1.29, 1.82) is 0 Å². The summed E-state index contributed by atoms with van der Waals surface area (Å²) < 4.78 is 39.3. The lowest BCUT2D eigenvalue weighted by molar-refractivity contribution is 0.0699. The van der Waals surface area contributed by atoms with Crippen molar-refractivity contribution < 1.29 is 28.2 Å². The Kier molecular flexibility index (Phi) is 8.33. The van der Waals surface area contributed by atoms with Crippen LogP contribution in [0.15, 0.2) is 36.8 Å². The number of nitrogens with two attached hydrogens (primary N) is 1. The fraction of sp³-hybridized carbons (Fsp3) is 0.250. The lowest BCUT2D eigenvalue weighted by Crippen LogP contribution is -2.16. The second-order valence-electron chi connectivity index (χ2n) is 7.63. The second-order valence-corrected chi connectivity index (χ2v) is 7.63. The lowest BCUT2D eigenvalue weighted by Gasteiger charge is -2.14. The van der Waals surface area contributed by atoms with Crippen molar-refractivity contribution in [2.24, 2.45) is 0 Å². The number of carboxylic acid groups (broad SMARTS) is 1. The zero-order valence-corrected chi connectivity index (χ0v) is 20.2. The molecule has 10 nitrogen and oxygen atoms in total. The van der Waals surface area contributed by atoms with Crippen LogP contribution in [0.2, 0.25) is 0 Å². The van der Waals surface area contributed by atoms with Crippen molar-refractivity contribution in [2.45, 2.75) is 13.5 Å². The molecule has 2 aromatic carbocycles. The van der Waals surface area contributed by atoms with E-state index >= 15 is 0 Å². The average Bonchev–Trinajstić information content (AvgIpc) is 3.28. The van der Waals surface area contributed by atoms with Crippen molar-refractivity contribution in [1.82, 2.24) is 24.8 Å². The summed E-state index contributed by atoms with van der Waals surface area (Å²) in [6, 6.07) is 3.59. The fourth-order valence-electron chi connectivity index (χ4n) is 3.41. The molecule has 2 heterocycles. The summed E-state index contributed by atoms with van der Waals surface area (Å²) >= 11 is 0. The predicted molar refractivity (Wildman–Crippen MR) is 130 cm³/mol. The van der Waals surface area contributed by atoms with Crippen molar-refractivity contribution in [3.63, 3.8) is 0 Å². The maximum absolute atomic E-state index is 14.7. The zero-order valence-electron chi connectivity index (χ0n) is 20.2. The number of fused-ring (bicyclic) bond motifs is 1. The molecule has 0 unspecified atom stereocenters. The van der Waals surface area contributed by atoms with Crippen molar-refractivity contribution >= 4 is 23.0 Å². The molecule has 0 saturated heterocycles. The number of hydrogen-bond donors (Lipinski definition) is 3. The van der Waals surface area contributed by atoms with E-state index in [1.165, 1.54) is 38.7 Å². The number of nitrogens with one attached hydrogen (secondary N) is 1. The highest BCUT2D eigenvalue weighted by atomic mass is 19.1. The van der Waals surface area contributed by atoms with Crippen LogP contribution >= 0.6 is 0 Å². The van der Waals surface area contributed by atoms with Crippen molar-refractivity contribution in [3.05, 3.63) is 59.7 Å². The SMILES string of the molecule is CCN(C)Cc1cnc(N)[nH]1.COc1cc(OC)c(F)c(-c2ccc(C(=O)O)c3nccnc23)c1F. The van der Waals surface area contributed by atoms with Crippen LogP contribution in [0.25, 0.3) is 22.2 Å². The number of aromatic nitrogens is 4. The summed E-state index contributed by atoms with van der Waals surface area (Å²) in [5.74, 6) is -3.06. The number of methoxy groups -OCH3 is 2. The van der Waals surface area contributed by atoms with Gasteiger partial charge in [-0.1, -0.05) is 13.0 Å². The van der Waals surface area contributed by atoms with Gasteiger partial charge in [-0.25, -0.2) is 18.6 Å². The monoisotopic (exact) mass is 500 g/mol. The number of ether oxygens (including phenoxy) is 2. The van der Waals surface area contributed by atoms with Crippen LogP contribution in [0.5, 0.6) is 11.5 Å². The first kappa shape index (κ1) is 26.3. The molecule has 4 aromatic rings. The first-order valence-corrected chi connectivity index (χ1v) is 10.8. The number of aromatic carboxylic acids is 1. The van der Waals surface area contributed by atoms with Crippen LogP contribution in [-0.2, 0) is 6.54 Å². The molecule has 2 aromatic heterocycles. The van der Waals surface area contributed by atoms with Crippen LogP contribution in [0.3, 0.4) is 0 Å². The number of nitrogens with zero attached hydrogens (tertiary/aromatic N) is 4. The van der Waals surface area contributed by atoms with Crippen LogP contribution < -0.4 is 15.2 Å². The molecular formula is C24H26F2N6O4. The maximum atomic E-state index is 14.7. The molecule has 0 aliphatic rings. The smallest absolute Gasteiger partial charge is 0.337 e. The number of nitrogen functional groups attached to an aromatic ring is 1. The van der Waals surface area contributed by atoms with Crippen LogP contribution in [-0.4, -0.2) is 63.7 Å². The first-order valence-electron chi connectivity index (χ1n) is 10.8. The van der Waals surface area contributed by atoms with E-state index in [9.17, 15) is 18.7 Å². The van der Waals surface area contributed by atoms with Crippen LogP contribution in [0, 0.1) is 11.6 Å². The molecule has 0 amide bonds. The average molecular weight is 501 g/mol. The Morgan fingerprint density at radius 2 is 1.69 bits per heavy atom. The predicted octanol–water partition coefficient (Wildman–Crippen LogP) is 3.73. The minimum absolute atomic E-state index is 0.0214. The Bertz CT molecular complexity index is 1350. The molecule has 0 radical (unpaired) electrons. The van der Waals surface area contributed by atoms with E-state index in [2.05, 4.69) is 38.8 Å². The number of H-pyrrole nitrogens is 1. The van der Waals surface area contributed by atoms with Crippen molar-refractivity contribution in [2.75, 3.05) is 33.5 Å². The van der Waals surface area contributed by atoms with E-state index in [4.69, 9.17) is 15.2 Å². The highest BCUT2D eigenvalue weighted by Gasteiger charge is 2.25. The van der Waals surface area contributed by atoms with Crippen LogP contribution in [0.4, 0.5) is 14.7 Å². The van der Waals surface area contributed by atoms with Gasteiger partial charge in [0.15, 0.2) is 29.1 Å². The minimum Gasteiger partial charge on any atom is -0.494 e. The highest BCUT2D eigenvalue weighted by molar-refractivity contribution is 6.05. The third-order valence-corrected chi connectivity index (χ3v) is 5.33. The van der Waals surface area contributed by atoms with Gasteiger partial charge in [-0.2, -0.15) is 0 Å². The largest absolute Gasteiger partial charge is 0.494 e. The molecule has 0 fully saturated rings. The molecule has 0 aliphatic heterocycles. The van der Waals surface area contributed by atoms with Gasteiger partial charge in [-0.05, 0) is 19.7 Å². The van der Waals surface area contributed by atoms with E-state index in [0.29, 0.717) is 5.95 Å². The Hall–Kier alpha value is -4.32. The van der Waals surface area contributed by atoms with E-state index < -0.39 is 23.2 Å². The Morgan fingerprint density at radius 1 is 1.08 bits per heavy atom. The third-order valence-electron chi connectivity index (χ3n) is 5.33. The molecule has 0 spiro atoms. The van der Waals surface area contributed by atoms with E-state index in [-0.39, 0.29) is 33.7 Å². The fourth-order valence-corrected chi connectivity index (χ4v) is 3.41. The number of carbonyl (C=O) groups is 1. The zero-order chi connectivity index (χ0) is 26.4. The molecule has 0 aliphatic carbocycles.